The molecule has 1 saturated carbocycles. The number of fused-ring (bicyclic) bond motifs is 1. The lowest BCUT2D eigenvalue weighted by molar-refractivity contribution is -0.122. The molecule has 4 rings (SSSR count). The van der Waals surface area contributed by atoms with Gasteiger partial charge in [-0.05, 0) is 42.7 Å². The number of hydrogen-bond acceptors (Lipinski definition) is 4. The minimum atomic E-state index is -0.590. The number of rotatable bonds is 7. The van der Waals surface area contributed by atoms with Crippen LogP contribution in [0.4, 0.5) is 5.69 Å². The van der Waals surface area contributed by atoms with E-state index in [1.54, 1.807) is 24.3 Å². The molecular formula is C25H29N3O4. The van der Waals surface area contributed by atoms with Gasteiger partial charge < -0.3 is 20.7 Å². The summed E-state index contributed by atoms with van der Waals surface area (Å²) in [7, 11) is 0. The van der Waals surface area contributed by atoms with Crippen molar-refractivity contribution in [1.82, 2.24) is 10.6 Å². The molecule has 2 aromatic carbocycles. The van der Waals surface area contributed by atoms with Gasteiger partial charge in [0.25, 0.3) is 11.8 Å². The summed E-state index contributed by atoms with van der Waals surface area (Å²) in [6.45, 7) is 0.266. The van der Waals surface area contributed by atoms with E-state index < -0.39 is 6.10 Å². The molecule has 3 amide bonds. The summed E-state index contributed by atoms with van der Waals surface area (Å²) in [5, 5.41) is 8.65. The molecule has 168 valence electrons. The van der Waals surface area contributed by atoms with Gasteiger partial charge in [-0.2, -0.15) is 0 Å². The summed E-state index contributed by atoms with van der Waals surface area (Å²) in [6, 6.07) is 14.6. The van der Waals surface area contributed by atoms with Gasteiger partial charge in [0.15, 0.2) is 6.10 Å². The Morgan fingerprint density at radius 2 is 1.78 bits per heavy atom. The second-order valence-electron chi connectivity index (χ2n) is 8.40. The Kier molecular flexibility index (Phi) is 7.04. The average Bonchev–Trinajstić information content (AvgIpc) is 3.24. The fourth-order valence-electron chi connectivity index (χ4n) is 4.23. The average molecular weight is 436 g/mol. The number of carbonyl (C=O) groups is 3. The summed E-state index contributed by atoms with van der Waals surface area (Å²) in [5.41, 5.74) is 1.96. The number of carbonyl (C=O) groups excluding carboxylic acids is 3. The van der Waals surface area contributed by atoms with Crippen molar-refractivity contribution in [3.05, 3.63) is 59.7 Å². The number of amides is 3. The van der Waals surface area contributed by atoms with Gasteiger partial charge in [0.2, 0.25) is 5.91 Å². The first kappa shape index (κ1) is 21.9. The van der Waals surface area contributed by atoms with Gasteiger partial charge in [-0.3, -0.25) is 14.4 Å². The summed E-state index contributed by atoms with van der Waals surface area (Å²) in [5.74, 6) is 0.165. The Hall–Kier alpha value is -3.35. The quantitative estimate of drug-likeness (QED) is 0.622. The molecule has 0 bridgehead atoms. The van der Waals surface area contributed by atoms with Crippen molar-refractivity contribution in [2.75, 3.05) is 11.9 Å². The third-order valence-electron chi connectivity index (χ3n) is 5.94. The maximum Gasteiger partial charge on any atom is 0.265 e. The second kappa shape index (κ2) is 10.3. The molecule has 7 nitrogen and oxygen atoms in total. The van der Waals surface area contributed by atoms with Crippen LogP contribution in [0.5, 0.6) is 5.75 Å². The molecule has 0 spiro atoms. The molecule has 0 aromatic heterocycles. The van der Waals surface area contributed by atoms with Crippen LogP contribution >= 0.6 is 0 Å². The van der Waals surface area contributed by atoms with E-state index in [1.807, 2.05) is 24.3 Å². The van der Waals surface area contributed by atoms with Crippen LogP contribution in [0.1, 0.15) is 54.4 Å². The smallest absolute Gasteiger partial charge is 0.265 e. The lowest BCUT2D eigenvalue weighted by Crippen LogP contribution is -2.38. The molecule has 1 atom stereocenters. The number of anilines is 1. The minimum absolute atomic E-state index is 0.0317. The van der Waals surface area contributed by atoms with Crippen LogP contribution < -0.4 is 20.7 Å². The molecule has 0 radical (unpaired) electrons. The van der Waals surface area contributed by atoms with Gasteiger partial charge in [-0.15, -0.1) is 0 Å². The van der Waals surface area contributed by atoms with Crippen LogP contribution in [0.15, 0.2) is 48.5 Å². The molecule has 1 unspecified atom stereocenters. The summed E-state index contributed by atoms with van der Waals surface area (Å²) >= 11 is 0. The van der Waals surface area contributed by atoms with E-state index in [9.17, 15) is 14.4 Å². The highest BCUT2D eigenvalue weighted by Crippen LogP contribution is 2.28. The first-order valence-electron chi connectivity index (χ1n) is 11.3. The van der Waals surface area contributed by atoms with E-state index in [0.29, 0.717) is 17.7 Å². The SMILES string of the molecule is O=C(CCNC(=O)c1cccc(NC(=O)C2Cc3ccccc3O2)c1)NC1CCCCC1. The van der Waals surface area contributed by atoms with Crippen molar-refractivity contribution < 1.29 is 19.1 Å². The van der Waals surface area contributed by atoms with Crippen molar-refractivity contribution in [1.29, 1.82) is 0 Å². The van der Waals surface area contributed by atoms with Crippen molar-refractivity contribution in [2.45, 2.75) is 57.1 Å². The molecule has 1 aliphatic heterocycles. The van der Waals surface area contributed by atoms with Crippen LogP contribution in [0.3, 0.4) is 0 Å². The molecule has 7 heteroatoms. The Labute approximate surface area is 187 Å². The third kappa shape index (κ3) is 5.66. The van der Waals surface area contributed by atoms with E-state index in [0.717, 1.165) is 37.0 Å². The summed E-state index contributed by atoms with van der Waals surface area (Å²) in [6.07, 6.45) is 5.81. The number of benzene rings is 2. The van der Waals surface area contributed by atoms with E-state index >= 15 is 0 Å². The number of para-hydroxylation sites is 1. The molecule has 0 saturated heterocycles. The van der Waals surface area contributed by atoms with E-state index in [4.69, 9.17) is 4.74 Å². The zero-order chi connectivity index (χ0) is 22.3. The standard InChI is InChI=1S/C25H29N3O4/c29-23(27-19-9-2-1-3-10-19)13-14-26-24(30)18-8-6-11-20(15-18)28-25(31)22-16-17-7-4-5-12-21(17)32-22/h4-8,11-12,15,19,22H,1-3,9-10,13-14,16H2,(H,26,30)(H,27,29)(H,28,31). The number of ether oxygens (including phenoxy) is 1. The third-order valence-corrected chi connectivity index (χ3v) is 5.94. The van der Waals surface area contributed by atoms with Crippen molar-refractivity contribution in [3.8, 4) is 5.75 Å². The highest BCUT2D eigenvalue weighted by atomic mass is 16.5. The van der Waals surface area contributed by atoms with Gasteiger partial charge in [0.1, 0.15) is 5.75 Å². The normalized spacial score (nSPS) is 17.7. The molecule has 1 aliphatic carbocycles. The highest BCUT2D eigenvalue weighted by Gasteiger charge is 2.28. The van der Waals surface area contributed by atoms with Gasteiger partial charge in [0.05, 0.1) is 0 Å². The van der Waals surface area contributed by atoms with Crippen LogP contribution in [0.2, 0.25) is 0 Å². The Balaban J connectivity index is 1.24. The Bertz CT molecular complexity index is 960. The largest absolute Gasteiger partial charge is 0.480 e. The fraction of sp³-hybridized carbons (Fsp3) is 0.400. The van der Waals surface area contributed by atoms with Crippen LogP contribution in [0.25, 0.3) is 0 Å². The van der Waals surface area contributed by atoms with Crippen LogP contribution in [0, 0.1) is 0 Å². The van der Waals surface area contributed by atoms with Crippen molar-refractivity contribution >= 4 is 23.4 Å². The van der Waals surface area contributed by atoms with Crippen molar-refractivity contribution in [2.24, 2.45) is 0 Å². The molecule has 2 aromatic rings. The molecule has 1 fully saturated rings. The molecule has 1 heterocycles. The van der Waals surface area contributed by atoms with E-state index in [2.05, 4.69) is 16.0 Å². The lowest BCUT2D eigenvalue weighted by Gasteiger charge is -2.22. The van der Waals surface area contributed by atoms with Gasteiger partial charge >= 0.3 is 0 Å². The zero-order valence-corrected chi connectivity index (χ0v) is 18.1. The summed E-state index contributed by atoms with van der Waals surface area (Å²) < 4.78 is 5.72. The second-order valence-corrected chi connectivity index (χ2v) is 8.40. The van der Waals surface area contributed by atoms with E-state index in [1.165, 1.54) is 6.42 Å². The maximum atomic E-state index is 12.6. The number of nitrogens with one attached hydrogen (secondary N) is 3. The van der Waals surface area contributed by atoms with Crippen molar-refractivity contribution in [3.63, 3.8) is 0 Å². The predicted molar refractivity (Wildman–Crippen MR) is 122 cm³/mol. The predicted octanol–water partition coefficient (Wildman–Crippen LogP) is 3.20. The Morgan fingerprint density at radius 1 is 0.969 bits per heavy atom. The highest BCUT2D eigenvalue weighted by molar-refractivity contribution is 5.98. The molecule has 3 N–H and O–H groups in total. The van der Waals surface area contributed by atoms with Gasteiger partial charge in [-0.1, -0.05) is 43.5 Å². The Morgan fingerprint density at radius 3 is 2.59 bits per heavy atom. The summed E-state index contributed by atoms with van der Waals surface area (Å²) in [4.78, 5) is 37.2. The van der Waals surface area contributed by atoms with Gasteiger partial charge in [-0.25, -0.2) is 0 Å². The molecule has 32 heavy (non-hydrogen) atoms. The van der Waals surface area contributed by atoms with Crippen LogP contribution in [-0.2, 0) is 16.0 Å². The van der Waals surface area contributed by atoms with Gasteiger partial charge in [0, 0.05) is 36.7 Å². The van der Waals surface area contributed by atoms with Crippen LogP contribution in [-0.4, -0.2) is 36.4 Å². The zero-order valence-electron chi connectivity index (χ0n) is 18.1. The monoisotopic (exact) mass is 435 g/mol. The fourth-order valence-corrected chi connectivity index (χ4v) is 4.23. The maximum absolute atomic E-state index is 12.6. The molecule has 2 aliphatic rings. The first-order chi connectivity index (χ1) is 15.6. The minimum Gasteiger partial charge on any atom is -0.480 e. The number of hydrogen-bond donors (Lipinski definition) is 3. The van der Waals surface area contributed by atoms with E-state index in [-0.39, 0.29) is 36.7 Å². The lowest BCUT2D eigenvalue weighted by atomic mass is 9.95. The topological polar surface area (TPSA) is 96.5 Å². The first-order valence-corrected chi connectivity index (χ1v) is 11.3. The molecular weight excluding hydrogens is 406 g/mol.